The van der Waals surface area contributed by atoms with Gasteiger partial charge in [-0.2, -0.15) is 0 Å². The zero-order chi connectivity index (χ0) is 14.7. The minimum Gasteiger partial charge on any atom is -0.375 e. The number of carbonyl (C=O) groups excluding carboxylic acids is 1. The Hall–Kier alpha value is -1.95. The van der Waals surface area contributed by atoms with Crippen LogP contribution in [-0.2, 0) is 11.3 Å². The van der Waals surface area contributed by atoms with Crippen molar-refractivity contribution in [1.82, 2.24) is 0 Å². The maximum Gasteiger partial charge on any atom is 0.221 e. The summed E-state index contributed by atoms with van der Waals surface area (Å²) in [6.45, 7) is 3.23. The zero-order valence-electron chi connectivity index (χ0n) is 11.1. The van der Waals surface area contributed by atoms with Crippen molar-refractivity contribution in [3.63, 3.8) is 0 Å². The van der Waals surface area contributed by atoms with E-state index >= 15 is 0 Å². The van der Waals surface area contributed by atoms with E-state index in [-0.39, 0.29) is 18.1 Å². The number of rotatable bonds is 4. The molecule has 2 aromatic rings. The van der Waals surface area contributed by atoms with Gasteiger partial charge in [0.1, 0.15) is 11.5 Å². The summed E-state index contributed by atoms with van der Waals surface area (Å²) in [5, 5.41) is 7.23. The summed E-state index contributed by atoms with van der Waals surface area (Å²) in [5.74, 6) is -1.41. The van der Waals surface area contributed by atoms with Gasteiger partial charge >= 0.3 is 0 Å². The first-order chi connectivity index (χ1) is 9.49. The minimum atomic E-state index is -0.634. The molecule has 0 saturated carbocycles. The van der Waals surface area contributed by atoms with Crippen LogP contribution in [0.1, 0.15) is 17.4 Å². The smallest absolute Gasteiger partial charge is 0.221 e. The Kier molecular flexibility index (Phi) is 4.34. The molecule has 1 aromatic heterocycles. The van der Waals surface area contributed by atoms with Gasteiger partial charge in [-0.15, -0.1) is 11.3 Å². The van der Waals surface area contributed by atoms with E-state index in [2.05, 4.69) is 10.6 Å². The van der Waals surface area contributed by atoms with Crippen molar-refractivity contribution in [3.05, 3.63) is 45.7 Å². The second kappa shape index (κ2) is 6.00. The van der Waals surface area contributed by atoms with Crippen LogP contribution in [-0.4, -0.2) is 5.91 Å². The largest absolute Gasteiger partial charge is 0.375 e. The monoisotopic (exact) mass is 296 g/mol. The van der Waals surface area contributed by atoms with E-state index < -0.39 is 11.6 Å². The lowest BCUT2D eigenvalue weighted by molar-refractivity contribution is -0.114. The van der Waals surface area contributed by atoms with Gasteiger partial charge in [0, 0.05) is 11.8 Å². The number of amides is 1. The number of hydrogen-bond acceptors (Lipinski definition) is 3. The molecule has 1 aromatic carbocycles. The van der Waals surface area contributed by atoms with Gasteiger partial charge in [0.05, 0.1) is 12.2 Å². The van der Waals surface area contributed by atoms with Crippen LogP contribution in [0.4, 0.5) is 20.2 Å². The first-order valence-corrected chi connectivity index (χ1v) is 6.89. The van der Waals surface area contributed by atoms with Crippen LogP contribution in [0.2, 0.25) is 0 Å². The number of hydrogen-bond donors (Lipinski definition) is 2. The molecule has 106 valence electrons. The van der Waals surface area contributed by atoms with Crippen molar-refractivity contribution >= 4 is 28.6 Å². The van der Waals surface area contributed by atoms with E-state index in [1.54, 1.807) is 13.0 Å². The summed E-state index contributed by atoms with van der Waals surface area (Å²) in [6.07, 6.45) is 0. The Morgan fingerprint density at radius 3 is 2.75 bits per heavy atom. The Balaban J connectivity index is 2.15. The molecule has 2 rings (SSSR count). The highest BCUT2D eigenvalue weighted by atomic mass is 32.1. The average Bonchev–Trinajstić information content (AvgIpc) is 2.81. The highest BCUT2D eigenvalue weighted by molar-refractivity contribution is 7.10. The van der Waals surface area contributed by atoms with Crippen molar-refractivity contribution in [2.45, 2.75) is 20.4 Å². The fraction of sp³-hybridized carbons (Fsp3) is 0.214. The number of aryl methyl sites for hydroxylation is 1. The lowest BCUT2D eigenvalue weighted by Crippen LogP contribution is -2.09. The fourth-order valence-corrected chi connectivity index (χ4v) is 2.54. The highest BCUT2D eigenvalue weighted by Crippen LogP contribution is 2.26. The summed E-state index contributed by atoms with van der Waals surface area (Å²) in [6, 6.07) is 4.37. The second-order valence-electron chi connectivity index (χ2n) is 4.35. The molecule has 0 spiro atoms. The van der Waals surface area contributed by atoms with Crippen LogP contribution in [0.15, 0.2) is 23.6 Å². The van der Waals surface area contributed by atoms with Crippen molar-refractivity contribution in [2.24, 2.45) is 0 Å². The van der Waals surface area contributed by atoms with E-state index in [0.29, 0.717) is 11.3 Å². The summed E-state index contributed by atoms with van der Waals surface area (Å²) in [4.78, 5) is 11.8. The Labute approximate surface area is 119 Å². The predicted molar refractivity (Wildman–Crippen MR) is 77.0 cm³/mol. The van der Waals surface area contributed by atoms with Gasteiger partial charge in [-0.25, -0.2) is 8.78 Å². The minimum absolute atomic E-state index is 0.146. The molecule has 6 heteroatoms. The molecule has 0 bridgehead atoms. The van der Waals surface area contributed by atoms with Gasteiger partial charge < -0.3 is 10.6 Å². The van der Waals surface area contributed by atoms with Gasteiger partial charge in [-0.3, -0.25) is 4.79 Å². The van der Waals surface area contributed by atoms with E-state index in [1.807, 2.05) is 5.38 Å². The first-order valence-electron chi connectivity index (χ1n) is 6.01. The Morgan fingerprint density at radius 1 is 1.30 bits per heavy atom. The third-order valence-corrected chi connectivity index (χ3v) is 3.69. The first kappa shape index (κ1) is 14.5. The summed E-state index contributed by atoms with van der Waals surface area (Å²) >= 11 is 1.40. The molecule has 0 aliphatic heterocycles. The third-order valence-electron chi connectivity index (χ3n) is 2.77. The van der Waals surface area contributed by atoms with Crippen LogP contribution in [0.5, 0.6) is 0 Å². The fourth-order valence-electron chi connectivity index (χ4n) is 1.77. The van der Waals surface area contributed by atoms with Crippen LogP contribution in [0, 0.1) is 18.6 Å². The maximum atomic E-state index is 13.8. The molecule has 1 amide bonds. The van der Waals surface area contributed by atoms with Crippen molar-refractivity contribution in [3.8, 4) is 0 Å². The highest BCUT2D eigenvalue weighted by Gasteiger charge is 2.12. The van der Waals surface area contributed by atoms with E-state index in [0.717, 1.165) is 4.88 Å². The van der Waals surface area contributed by atoms with Crippen molar-refractivity contribution in [2.75, 3.05) is 10.6 Å². The van der Waals surface area contributed by atoms with Gasteiger partial charge in [-0.05, 0) is 30.0 Å². The lowest BCUT2D eigenvalue weighted by atomic mass is 10.2. The molecule has 0 fully saturated rings. The molecule has 0 unspecified atom stereocenters. The summed E-state index contributed by atoms with van der Waals surface area (Å²) in [5.41, 5.74) is 0.887. The number of thiophene rings is 1. The SMILES string of the molecule is CC(=O)Nc1ccsc1CNc1c(F)ccc(C)c1F. The number of benzene rings is 1. The standard InChI is InChI=1S/C14H14F2N2OS/c1-8-3-4-10(15)14(13(8)16)17-7-12-11(5-6-20-12)18-9(2)19/h3-6,17H,7H2,1-2H3,(H,18,19). The topological polar surface area (TPSA) is 41.1 Å². The molecule has 0 atom stereocenters. The molecule has 0 aliphatic rings. The summed E-state index contributed by atoms with van der Waals surface area (Å²) < 4.78 is 27.4. The molecule has 0 saturated heterocycles. The Bertz CT molecular complexity index is 640. The maximum absolute atomic E-state index is 13.8. The Morgan fingerprint density at radius 2 is 2.05 bits per heavy atom. The number of halogens is 2. The van der Waals surface area contributed by atoms with Gasteiger partial charge in [0.25, 0.3) is 0 Å². The molecular weight excluding hydrogens is 282 g/mol. The average molecular weight is 296 g/mol. The van der Waals surface area contributed by atoms with Crippen LogP contribution in [0.3, 0.4) is 0 Å². The zero-order valence-corrected chi connectivity index (χ0v) is 11.9. The van der Waals surface area contributed by atoms with Crippen molar-refractivity contribution in [1.29, 1.82) is 0 Å². The lowest BCUT2D eigenvalue weighted by Gasteiger charge is -2.11. The van der Waals surface area contributed by atoms with Crippen LogP contribution < -0.4 is 10.6 Å². The van der Waals surface area contributed by atoms with Crippen LogP contribution >= 0.6 is 11.3 Å². The predicted octanol–water partition coefficient (Wildman–Crippen LogP) is 3.91. The molecule has 1 heterocycles. The molecule has 3 nitrogen and oxygen atoms in total. The van der Waals surface area contributed by atoms with E-state index in [1.165, 1.54) is 30.4 Å². The van der Waals surface area contributed by atoms with Crippen molar-refractivity contribution < 1.29 is 13.6 Å². The van der Waals surface area contributed by atoms with Gasteiger partial charge in [-0.1, -0.05) is 6.07 Å². The molecule has 0 aliphatic carbocycles. The summed E-state index contributed by atoms with van der Waals surface area (Å²) in [7, 11) is 0. The van der Waals surface area contributed by atoms with E-state index in [4.69, 9.17) is 0 Å². The number of nitrogens with one attached hydrogen (secondary N) is 2. The van der Waals surface area contributed by atoms with Gasteiger partial charge in [0.15, 0.2) is 5.82 Å². The molecule has 20 heavy (non-hydrogen) atoms. The normalized spacial score (nSPS) is 10.4. The molecular formula is C14H14F2N2OS. The number of carbonyl (C=O) groups is 1. The van der Waals surface area contributed by atoms with Crippen LogP contribution in [0.25, 0.3) is 0 Å². The number of anilines is 2. The molecule has 2 N–H and O–H groups in total. The quantitative estimate of drug-likeness (QED) is 0.898. The molecule has 0 radical (unpaired) electrons. The second-order valence-corrected chi connectivity index (χ2v) is 5.35. The van der Waals surface area contributed by atoms with E-state index in [9.17, 15) is 13.6 Å². The third kappa shape index (κ3) is 3.14. The van der Waals surface area contributed by atoms with Gasteiger partial charge in [0.2, 0.25) is 5.91 Å².